The smallest absolute Gasteiger partial charge is 0.329 e. The fourth-order valence-corrected chi connectivity index (χ4v) is 5.65. The second-order valence-electron chi connectivity index (χ2n) is 6.71. The van der Waals surface area contributed by atoms with Crippen LogP contribution < -0.4 is 0 Å². The summed E-state index contributed by atoms with van der Waals surface area (Å²) in [6.45, 7) is 0.161. The van der Waals surface area contributed by atoms with Gasteiger partial charge in [0.25, 0.3) is 0 Å². The van der Waals surface area contributed by atoms with Gasteiger partial charge in [-0.2, -0.15) is 22.5 Å². The standard InChI is InChI=1S/C18H16F3N3O3S2/c19-18(20,21)17-22-16(23-27-17)15-9-8-14(28-15)10-24(13-6-7-13)29(25,26)11-12-4-2-1-3-5-12/h1-5,8-9,13H,6-7,10-11H2. The summed E-state index contributed by atoms with van der Waals surface area (Å²) in [5, 5.41) is 3.37. The summed E-state index contributed by atoms with van der Waals surface area (Å²) in [7, 11) is -3.54. The minimum Gasteiger partial charge on any atom is -0.329 e. The van der Waals surface area contributed by atoms with Crippen LogP contribution in [0.5, 0.6) is 0 Å². The van der Waals surface area contributed by atoms with Crippen LogP contribution in [0, 0.1) is 0 Å². The lowest BCUT2D eigenvalue weighted by molar-refractivity contribution is -0.159. The number of rotatable bonds is 7. The van der Waals surface area contributed by atoms with E-state index in [1.165, 1.54) is 4.31 Å². The van der Waals surface area contributed by atoms with Crippen molar-refractivity contribution in [3.8, 4) is 10.7 Å². The Labute approximate surface area is 169 Å². The predicted molar refractivity (Wildman–Crippen MR) is 100 cm³/mol. The molecule has 0 radical (unpaired) electrons. The Morgan fingerprint density at radius 2 is 1.86 bits per heavy atom. The summed E-state index contributed by atoms with van der Waals surface area (Å²) in [5.41, 5.74) is 0.705. The predicted octanol–water partition coefficient (Wildman–Crippen LogP) is 4.31. The summed E-state index contributed by atoms with van der Waals surface area (Å²) >= 11 is 1.15. The molecule has 29 heavy (non-hydrogen) atoms. The van der Waals surface area contributed by atoms with Crippen LogP contribution in [0.4, 0.5) is 13.2 Å². The van der Waals surface area contributed by atoms with Crippen molar-refractivity contribution in [1.29, 1.82) is 0 Å². The van der Waals surface area contributed by atoms with Gasteiger partial charge in [0.1, 0.15) is 0 Å². The number of benzene rings is 1. The second-order valence-corrected chi connectivity index (χ2v) is 9.79. The monoisotopic (exact) mass is 443 g/mol. The van der Waals surface area contributed by atoms with Crippen LogP contribution in [-0.4, -0.2) is 28.9 Å². The first-order valence-electron chi connectivity index (χ1n) is 8.76. The average molecular weight is 443 g/mol. The Morgan fingerprint density at radius 3 is 2.48 bits per heavy atom. The minimum atomic E-state index is -4.71. The topological polar surface area (TPSA) is 76.3 Å². The summed E-state index contributed by atoms with van der Waals surface area (Å²) in [6, 6.07) is 12.1. The van der Waals surface area contributed by atoms with Gasteiger partial charge in [0.2, 0.25) is 15.8 Å². The Bertz CT molecular complexity index is 1090. The molecule has 0 aliphatic heterocycles. The van der Waals surface area contributed by atoms with Crippen molar-refractivity contribution >= 4 is 21.4 Å². The molecule has 1 fully saturated rings. The van der Waals surface area contributed by atoms with E-state index in [-0.39, 0.29) is 24.2 Å². The van der Waals surface area contributed by atoms with Crippen LogP contribution in [-0.2, 0) is 28.5 Å². The highest BCUT2D eigenvalue weighted by molar-refractivity contribution is 7.88. The van der Waals surface area contributed by atoms with E-state index >= 15 is 0 Å². The number of halogens is 3. The molecule has 1 aliphatic rings. The van der Waals surface area contributed by atoms with Gasteiger partial charge in [0.15, 0.2) is 0 Å². The first-order valence-corrected chi connectivity index (χ1v) is 11.2. The zero-order valence-electron chi connectivity index (χ0n) is 15.0. The minimum absolute atomic E-state index is 0.0451. The van der Waals surface area contributed by atoms with Crippen molar-refractivity contribution < 1.29 is 26.1 Å². The Balaban J connectivity index is 1.52. The lowest BCUT2D eigenvalue weighted by Gasteiger charge is -2.21. The van der Waals surface area contributed by atoms with Crippen molar-refractivity contribution in [3.05, 3.63) is 58.8 Å². The molecular formula is C18H16F3N3O3S2. The molecule has 0 atom stereocenters. The third-order valence-electron chi connectivity index (χ3n) is 4.37. The highest BCUT2D eigenvalue weighted by atomic mass is 32.2. The average Bonchev–Trinajstić information content (AvgIpc) is 3.16. The highest BCUT2D eigenvalue weighted by Crippen LogP contribution is 2.35. The molecule has 1 aliphatic carbocycles. The number of sulfonamides is 1. The molecule has 0 saturated heterocycles. The van der Waals surface area contributed by atoms with Gasteiger partial charge in [-0.15, -0.1) is 11.3 Å². The van der Waals surface area contributed by atoms with Crippen LogP contribution in [0.25, 0.3) is 10.7 Å². The molecule has 0 unspecified atom stereocenters. The number of nitrogens with zero attached hydrogens (tertiary/aromatic N) is 3. The number of aromatic nitrogens is 2. The summed E-state index contributed by atoms with van der Waals surface area (Å²) < 4.78 is 69.5. The van der Waals surface area contributed by atoms with Gasteiger partial charge in [0.05, 0.1) is 10.6 Å². The maximum atomic E-state index is 12.9. The molecule has 4 rings (SSSR count). The zero-order chi connectivity index (χ0) is 20.6. The number of alkyl halides is 3. The lowest BCUT2D eigenvalue weighted by atomic mass is 10.2. The van der Waals surface area contributed by atoms with Crippen molar-refractivity contribution in [1.82, 2.24) is 14.4 Å². The molecule has 0 bridgehead atoms. The normalized spacial score (nSPS) is 15.2. The third-order valence-corrected chi connectivity index (χ3v) is 7.27. The van der Waals surface area contributed by atoms with Crippen LogP contribution >= 0.6 is 11.3 Å². The third kappa shape index (κ3) is 4.68. The SMILES string of the molecule is O=S(=O)(Cc1ccccc1)N(Cc1ccc(-c2noc(C(F)(F)F)n2)s1)C1CC1. The second kappa shape index (κ2) is 7.54. The molecule has 2 heterocycles. The van der Waals surface area contributed by atoms with E-state index < -0.39 is 22.1 Å². The Hall–Kier alpha value is -2.24. The fourth-order valence-electron chi connectivity index (χ4n) is 2.86. The molecule has 6 nitrogen and oxygen atoms in total. The summed E-state index contributed by atoms with van der Waals surface area (Å²) in [4.78, 5) is 4.45. The van der Waals surface area contributed by atoms with Gasteiger partial charge in [-0.05, 0) is 30.5 Å². The van der Waals surface area contributed by atoms with Crippen molar-refractivity contribution in [2.24, 2.45) is 0 Å². The van der Waals surface area contributed by atoms with Crippen molar-refractivity contribution in [2.75, 3.05) is 0 Å². The van der Waals surface area contributed by atoms with Gasteiger partial charge in [-0.1, -0.05) is 35.5 Å². The highest BCUT2D eigenvalue weighted by Gasteiger charge is 2.39. The molecule has 0 N–H and O–H groups in total. The fraction of sp³-hybridized carbons (Fsp3) is 0.333. The maximum absolute atomic E-state index is 12.9. The van der Waals surface area contributed by atoms with E-state index in [1.54, 1.807) is 36.4 Å². The number of hydrogen-bond donors (Lipinski definition) is 0. The molecule has 154 valence electrons. The van der Waals surface area contributed by atoms with Gasteiger partial charge in [-0.25, -0.2) is 8.42 Å². The van der Waals surface area contributed by atoms with Gasteiger partial charge >= 0.3 is 12.1 Å². The maximum Gasteiger partial charge on any atom is 0.471 e. The van der Waals surface area contributed by atoms with E-state index in [0.717, 1.165) is 24.2 Å². The molecule has 3 aromatic rings. The Morgan fingerprint density at radius 1 is 1.14 bits per heavy atom. The van der Waals surface area contributed by atoms with Gasteiger partial charge < -0.3 is 4.52 Å². The van der Waals surface area contributed by atoms with Crippen LogP contribution in [0.3, 0.4) is 0 Å². The molecule has 0 amide bonds. The molecular weight excluding hydrogens is 427 g/mol. The van der Waals surface area contributed by atoms with Gasteiger partial charge in [-0.3, -0.25) is 0 Å². The molecule has 2 aromatic heterocycles. The molecule has 1 saturated carbocycles. The number of thiophene rings is 1. The first kappa shape index (κ1) is 20.0. The van der Waals surface area contributed by atoms with E-state index in [4.69, 9.17) is 0 Å². The molecule has 11 heteroatoms. The summed E-state index contributed by atoms with van der Waals surface area (Å²) in [5.74, 6) is -1.67. The van der Waals surface area contributed by atoms with E-state index in [1.807, 2.05) is 6.07 Å². The summed E-state index contributed by atoms with van der Waals surface area (Å²) in [6.07, 6.45) is -3.11. The van der Waals surface area contributed by atoms with Crippen LogP contribution in [0.2, 0.25) is 0 Å². The Kier molecular flexibility index (Phi) is 5.21. The van der Waals surface area contributed by atoms with E-state index in [0.29, 0.717) is 15.3 Å². The lowest BCUT2D eigenvalue weighted by Crippen LogP contribution is -2.33. The van der Waals surface area contributed by atoms with Crippen molar-refractivity contribution in [2.45, 2.75) is 37.4 Å². The van der Waals surface area contributed by atoms with Crippen LogP contribution in [0.1, 0.15) is 29.2 Å². The number of hydrogen-bond acceptors (Lipinski definition) is 6. The molecule has 0 spiro atoms. The zero-order valence-corrected chi connectivity index (χ0v) is 16.6. The van der Waals surface area contributed by atoms with Crippen molar-refractivity contribution in [3.63, 3.8) is 0 Å². The van der Waals surface area contributed by atoms with Crippen LogP contribution in [0.15, 0.2) is 47.0 Å². The van der Waals surface area contributed by atoms with Gasteiger partial charge in [0, 0.05) is 17.5 Å². The molecule has 1 aromatic carbocycles. The quantitative estimate of drug-likeness (QED) is 0.544. The van der Waals surface area contributed by atoms with E-state index in [2.05, 4.69) is 14.7 Å². The first-order chi connectivity index (χ1) is 13.7. The largest absolute Gasteiger partial charge is 0.471 e. The van der Waals surface area contributed by atoms with E-state index in [9.17, 15) is 21.6 Å².